The molecule has 7 nitrogen and oxygen atoms in total. The van der Waals surface area contributed by atoms with Crippen LogP contribution in [0.2, 0.25) is 0 Å². The zero-order valence-corrected chi connectivity index (χ0v) is 19.0. The van der Waals surface area contributed by atoms with Crippen LogP contribution in [0.5, 0.6) is 0 Å². The smallest absolute Gasteiger partial charge is 0.326 e. The van der Waals surface area contributed by atoms with Gasteiger partial charge in [-0.15, -0.1) is 0 Å². The molecule has 0 saturated carbocycles. The molecule has 0 aliphatic rings. The number of aromatic nitrogens is 1. The topological polar surface area (TPSA) is 111 Å². The van der Waals surface area contributed by atoms with Gasteiger partial charge in [-0.05, 0) is 67.3 Å². The maximum atomic E-state index is 13.5. The van der Waals surface area contributed by atoms with Gasteiger partial charge in [-0.2, -0.15) is 0 Å². The van der Waals surface area contributed by atoms with Crippen molar-refractivity contribution >= 4 is 34.4 Å². The molecule has 8 heteroatoms. The zero-order chi connectivity index (χ0) is 24.9. The van der Waals surface area contributed by atoms with E-state index in [1.165, 1.54) is 30.3 Å². The first-order chi connectivity index (χ1) is 16.8. The summed E-state index contributed by atoms with van der Waals surface area (Å²) in [7, 11) is 0. The van der Waals surface area contributed by atoms with Gasteiger partial charge in [-0.3, -0.25) is 9.59 Å². The molecule has 4 rings (SSSR count). The van der Waals surface area contributed by atoms with E-state index in [4.69, 9.17) is 0 Å². The first-order valence-corrected chi connectivity index (χ1v) is 11.1. The minimum Gasteiger partial charge on any atom is -0.480 e. The third-order valence-corrected chi connectivity index (χ3v) is 5.81. The summed E-state index contributed by atoms with van der Waals surface area (Å²) in [6.07, 6.45) is 0.704. The Labute approximate surface area is 201 Å². The fraction of sp³-hybridized carbons (Fsp3) is 0.148. The van der Waals surface area contributed by atoms with Crippen molar-refractivity contribution in [1.82, 2.24) is 10.3 Å². The Morgan fingerprint density at radius 1 is 0.971 bits per heavy atom. The number of carbonyl (C=O) groups is 3. The summed E-state index contributed by atoms with van der Waals surface area (Å²) in [5.41, 5.74) is 3.21. The van der Waals surface area contributed by atoms with Crippen molar-refractivity contribution in [2.45, 2.75) is 25.8 Å². The first-order valence-electron chi connectivity index (χ1n) is 11.1. The molecule has 4 N–H and O–H groups in total. The predicted molar refractivity (Wildman–Crippen MR) is 131 cm³/mol. The molecule has 3 aromatic carbocycles. The fourth-order valence-corrected chi connectivity index (χ4v) is 3.89. The van der Waals surface area contributed by atoms with E-state index in [1.54, 1.807) is 18.2 Å². The van der Waals surface area contributed by atoms with Gasteiger partial charge in [-0.25, -0.2) is 9.18 Å². The summed E-state index contributed by atoms with van der Waals surface area (Å²) in [6, 6.07) is 18.6. The van der Waals surface area contributed by atoms with E-state index < -0.39 is 29.6 Å². The third kappa shape index (κ3) is 5.55. The average Bonchev–Trinajstić information content (AvgIpc) is 3.26. The van der Waals surface area contributed by atoms with Gasteiger partial charge in [0, 0.05) is 10.9 Å². The number of hydrogen-bond acceptors (Lipinski definition) is 3. The van der Waals surface area contributed by atoms with E-state index in [9.17, 15) is 23.9 Å². The van der Waals surface area contributed by atoms with Crippen molar-refractivity contribution < 1.29 is 23.9 Å². The van der Waals surface area contributed by atoms with E-state index >= 15 is 0 Å². The summed E-state index contributed by atoms with van der Waals surface area (Å²) < 4.78 is 13.5. The molecule has 0 bridgehead atoms. The molecule has 2 amide bonds. The Morgan fingerprint density at radius 2 is 1.71 bits per heavy atom. The number of rotatable bonds is 8. The molecular weight excluding hydrogens is 449 g/mol. The van der Waals surface area contributed by atoms with Crippen molar-refractivity contribution in [3.05, 3.63) is 101 Å². The lowest BCUT2D eigenvalue weighted by Gasteiger charge is -2.17. The van der Waals surface area contributed by atoms with Gasteiger partial charge < -0.3 is 20.7 Å². The molecule has 0 radical (unpaired) electrons. The lowest BCUT2D eigenvalue weighted by molar-refractivity contribution is -0.139. The molecule has 0 saturated heterocycles. The van der Waals surface area contributed by atoms with E-state index in [2.05, 4.69) is 15.6 Å². The number of aromatic amines is 1. The number of aliphatic carboxylic acids is 1. The van der Waals surface area contributed by atoms with Gasteiger partial charge in [0.25, 0.3) is 11.8 Å². The van der Waals surface area contributed by atoms with Crippen molar-refractivity contribution in [3.63, 3.8) is 0 Å². The Bertz CT molecular complexity index is 1410. The second kappa shape index (κ2) is 10.2. The van der Waals surface area contributed by atoms with Gasteiger partial charge in [0.05, 0.1) is 11.3 Å². The molecule has 0 spiro atoms. The number of amides is 2. The summed E-state index contributed by atoms with van der Waals surface area (Å²) in [4.78, 5) is 40.5. The SMILES string of the molecule is Cc1ccccc1CCC(NC(=O)c1ccccc1NC(=O)c1cc2cc(F)ccc2[nH]1)C(=O)O. The van der Waals surface area contributed by atoms with Crippen LogP contribution in [0.25, 0.3) is 10.9 Å². The maximum absolute atomic E-state index is 13.5. The summed E-state index contributed by atoms with van der Waals surface area (Å²) in [6.45, 7) is 1.95. The van der Waals surface area contributed by atoms with Crippen molar-refractivity contribution in [1.29, 1.82) is 0 Å². The highest BCUT2D eigenvalue weighted by Crippen LogP contribution is 2.20. The minimum atomic E-state index is -1.14. The highest BCUT2D eigenvalue weighted by molar-refractivity contribution is 6.10. The van der Waals surface area contributed by atoms with Crippen LogP contribution in [0.15, 0.2) is 72.8 Å². The number of carbonyl (C=O) groups excluding carboxylic acids is 2. The van der Waals surface area contributed by atoms with Crippen molar-refractivity contribution in [2.24, 2.45) is 0 Å². The van der Waals surface area contributed by atoms with E-state index in [-0.39, 0.29) is 23.4 Å². The third-order valence-electron chi connectivity index (χ3n) is 5.81. The lowest BCUT2D eigenvalue weighted by atomic mass is 10.0. The summed E-state index contributed by atoms with van der Waals surface area (Å²) in [5, 5.41) is 15.4. The van der Waals surface area contributed by atoms with Crippen LogP contribution >= 0.6 is 0 Å². The summed E-state index contributed by atoms with van der Waals surface area (Å²) in [5.74, 6) is -2.69. The van der Waals surface area contributed by atoms with E-state index in [0.29, 0.717) is 17.3 Å². The van der Waals surface area contributed by atoms with Gasteiger partial charge in [-0.1, -0.05) is 36.4 Å². The van der Waals surface area contributed by atoms with E-state index in [0.717, 1.165) is 11.1 Å². The Hall–Kier alpha value is -4.46. The number of hydrogen-bond donors (Lipinski definition) is 4. The van der Waals surface area contributed by atoms with Crippen LogP contribution in [0.4, 0.5) is 10.1 Å². The highest BCUT2D eigenvalue weighted by atomic mass is 19.1. The quantitative estimate of drug-likeness (QED) is 0.298. The van der Waals surface area contributed by atoms with Crippen LogP contribution in [0.1, 0.15) is 38.4 Å². The zero-order valence-electron chi connectivity index (χ0n) is 19.0. The lowest BCUT2D eigenvalue weighted by Crippen LogP contribution is -2.41. The van der Waals surface area contributed by atoms with Gasteiger partial charge >= 0.3 is 5.97 Å². The molecule has 35 heavy (non-hydrogen) atoms. The predicted octanol–water partition coefficient (Wildman–Crippen LogP) is 4.68. The molecule has 0 aliphatic heterocycles. The first kappa shape index (κ1) is 23.7. The Kier molecular flexibility index (Phi) is 6.91. The maximum Gasteiger partial charge on any atom is 0.326 e. The number of carboxylic acid groups (broad SMARTS) is 1. The molecule has 178 valence electrons. The highest BCUT2D eigenvalue weighted by Gasteiger charge is 2.23. The molecule has 4 aromatic rings. The molecule has 1 heterocycles. The number of fused-ring (bicyclic) bond motifs is 1. The molecule has 0 aliphatic carbocycles. The number of aryl methyl sites for hydroxylation is 2. The second-order valence-corrected chi connectivity index (χ2v) is 8.24. The van der Waals surface area contributed by atoms with Crippen molar-refractivity contribution in [2.75, 3.05) is 5.32 Å². The van der Waals surface area contributed by atoms with Gasteiger partial charge in [0.1, 0.15) is 17.6 Å². The number of nitrogens with one attached hydrogen (secondary N) is 3. The minimum absolute atomic E-state index is 0.130. The number of benzene rings is 3. The van der Waals surface area contributed by atoms with Gasteiger partial charge in [0.15, 0.2) is 0 Å². The number of H-pyrrole nitrogens is 1. The van der Waals surface area contributed by atoms with Crippen LogP contribution in [-0.2, 0) is 11.2 Å². The van der Waals surface area contributed by atoms with Crippen molar-refractivity contribution in [3.8, 4) is 0 Å². The molecule has 0 fully saturated rings. The monoisotopic (exact) mass is 473 g/mol. The van der Waals surface area contributed by atoms with E-state index in [1.807, 2.05) is 31.2 Å². The Balaban J connectivity index is 1.48. The molecule has 1 atom stereocenters. The molecular formula is C27H24FN3O4. The fourth-order valence-electron chi connectivity index (χ4n) is 3.89. The average molecular weight is 474 g/mol. The Morgan fingerprint density at radius 3 is 2.49 bits per heavy atom. The van der Waals surface area contributed by atoms with Crippen LogP contribution in [0.3, 0.4) is 0 Å². The van der Waals surface area contributed by atoms with Crippen LogP contribution in [0, 0.1) is 12.7 Å². The summed E-state index contributed by atoms with van der Waals surface area (Å²) >= 11 is 0. The van der Waals surface area contributed by atoms with Gasteiger partial charge in [0.2, 0.25) is 0 Å². The number of para-hydroxylation sites is 1. The normalized spacial score (nSPS) is 11.7. The largest absolute Gasteiger partial charge is 0.480 e. The number of anilines is 1. The van der Waals surface area contributed by atoms with Crippen LogP contribution in [-0.4, -0.2) is 33.9 Å². The number of carboxylic acids is 1. The van der Waals surface area contributed by atoms with Crippen LogP contribution < -0.4 is 10.6 Å². The number of halogens is 1. The molecule has 1 unspecified atom stereocenters. The second-order valence-electron chi connectivity index (χ2n) is 8.24. The standard InChI is InChI=1S/C27H24FN3O4/c1-16-6-2-3-7-17(16)10-12-23(27(34)35)31-25(32)20-8-4-5-9-22(20)30-26(33)24-15-18-14-19(28)11-13-21(18)29-24/h2-9,11,13-15,23,29H,10,12H2,1H3,(H,30,33)(H,31,32)(H,34,35). The molecule has 1 aromatic heterocycles.